The topological polar surface area (TPSA) is 0 Å². The maximum absolute atomic E-state index is 6.17. The molecule has 92 valence electrons. The van der Waals surface area contributed by atoms with E-state index < -0.39 is 15.1 Å². The van der Waals surface area contributed by atoms with E-state index in [9.17, 15) is 0 Å². The number of rotatable bonds is 5. The highest BCUT2D eigenvalue weighted by Gasteiger charge is 2.25. The van der Waals surface area contributed by atoms with E-state index in [1.807, 2.05) is 0 Å². The van der Waals surface area contributed by atoms with Crippen LogP contribution in [0, 0.1) is 0 Å². The van der Waals surface area contributed by atoms with Gasteiger partial charge in [-0.3, -0.25) is 0 Å². The van der Waals surface area contributed by atoms with Gasteiger partial charge in [-0.2, -0.15) is 0 Å². The van der Waals surface area contributed by atoms with E-state index in [4.69, 9.17) is 58.0 Å². The Labute approximate surface area is 129 Å². The third kappa shape index (κ3) is 6.18. The molecule has 0 rings (SSSR count). The molecule has 2 atom stereocenters. The van der Waals surface area contributed by atoms with Crippen LogP contribution in [0.2, 0.25) is 0 Å². The third-order valence-corrected chi connectivity index (χ3v) is 3.86. The molecule has 0 N–H and O–H groups in total. The Morgan fingerprint density at radius 3 is 2.25 bits per heavy atom. The molecule has 16 heavy (non-hydrogen) atoms. The summed E-state index contributed by atoms with van der Waals surface area (Å²) in [6.07, 6.45) is 5.07. The van der Waals surface area contributed by atoms with Crippen molar-refractivity contribution in [3.05, 3.63) is 34.3 Å². The van der Waals surface area contributed by atoms with Gasteiger partial charge in [0.25, 0.3) is 0 Å². The van der Waals surface area contributed by atoms with Crippen LogP contribution in [-0.2, 0) is 0 Å². The lowest BCUT2D eigenvalue weighted by Crippen LogP contribution is -2.24. The van der Waals surface area contributed by atoms with Crippen LogP contribution in [-0.4, -0.2) is 15.1 Å². The lowest BCUT2D eigenvalue weighted by atomic mass is 10.1. The smallest absolute Gasteiger partial charge is 0.116 e. The van der Waals surface area contributed by atoms with Crippen LogP contribution in [0.1, 0.15) is 6.92 Å². The van der Waals surface area contributed by atoms with Crippen LogP contribution in [0.4, 0.5) is 0 Å². The molecule has 0 bridgehead atoms. The van der Waals surface area contributed by atoms with Crippen molar-refractivity contribution in [2.24, 2.45) is 0 Å². The van der Waals surface area contributed by atoms with E-state index in [1.54, 1.807) is 30.1 Å². The molecule has 6 heteroatoms. The molecule has 0 unspecified atom stereocenters. The van der Waals surface area contributed by atoms with Gasteiger partial charge in [0.2, 0.25) is 0 Å². The Morgan fingerprint density at radius 2 is 1.88 bits per heavy atom. The highest BCUT2D eigenvalue weighted by Crippen LogP contribution is 2.28. The predicted molar refractivity (Wildman–Crippen MR) is 80.5 cm³/mol. The Hall–Kier alpha value is 1.15. The fraction of sp³-hybridized carbons (Fsp3) is 0.400. The van der Waals surface area contributed by atoms with Gasteiger partial charge in [-0.05, 0) is 17.5 Å². The highest BCUT2D eigenvalue weighted by molar-refractivity contribution is 9.11. The van der Waals surface area contributed by atoms with Crippen LogP contribution in [0.3, 0.4) is 0 Å². The lowest BCUT2D eigenvalue weighted by molar-refractivity contribution is 0.800. The van der Waals surface area contributed by atoms with Crippen molar-refractivity contribution in [1.29, 1.82) is 0 Å². The average Bonchev–Trinajstić information content (AvgIpc) is 2.17. The van der Waals surface area contributed by atoms with E-state index in [1.165, 1.54) is 5.54 Å². The molecule has 0 saturated carbocycles. The summed E-state index contributed by atoms with van der Waals surface area (Å²) < 4.78 is 0. The molecule has 0 amide bonds. The van der Waals surface area contributed by atoms with Crippen molar-refractivity contribution in [3.63, 3.8) is 0 Å². The first-order valence-electron chi connectivity index (χ1n) is 4.22. The molecule has 0 aliphatic carbocycles. The van der Waals surface area contributed by atoms with Gasteiger partial charge < -0.3 is 0 Å². The van der Waals surface area contributed by atoms with E-state index in [0.29, 0.717) is 5.57 Å². The first kappa shape index (κ1) is 17.2. The molecule has 0 radical (unpaired) electrons. The molecule has 0 spiro atoms. The molecule has 0 aliphatic heterocycles. The fourth-order valence-electron chi connectivity index (χ4n) is 0.756. The number of alkyl halides is 4. The average molecular weight is 387 g/mol. The second-order valence-electron chi connectivity index (χ2n) is 3.11. The van der Waals surface area contributed by atoms with Gasteiger partial charge in [-0.25, -0.2) is 0 Å². The molecule has 0 saturated heterocycles. The zero-order valence-electron chi connectivity index (χ0n) is 8.31. The summed E-state index contributed by atoms with van der Waals surface area (Å²) in [5, 5.41) is -0.415. The van der Waals surface area contributed by atoms with Crippen molar-refractivity contribution in [1.82, 2.24) is 0 Å². The Kier molecular flexibility index (Phi) is 8.88. The zero-order chi connectivity index (χ0) is 12.8. The molecule has 0 aromatic rings. The molecule has 0 heterocycles. The zero-order valence-corrected chi connectivity index (χ0v) is 13.7. The predicted octanol–water partition coefficient (Wildman–Crippen LogP) is 5.98. The number of hydrogen-bond acceptors (Lipinski definition) is 0. The molecule has 0 aromatic carbocycles. The first-order valence-corrected chi connectivity index (χ1v) is 7.26. The second-order valence-corrected chi connectivity index (χ2v) is 6.24. The lowest BCUT2D eigenvalue weighted by Gasteiger charge is -2.21. The van der Waals surface area contributed by atoms with Crippen molar-refractivity contribution in [2.45, 2.75) is 22.0 Å². The Morgan fingerprint density at radius 1 is 1.31 bits per heavy atom. The minimum atomic E-state index is -0.701. The summed E-state index contributed by atoms with van der Waals surface area (Å²) in [7, 11) is 0. The maximum atomic E-state index is 6.17. The Bertz CT molecular complexity index is 294. The minimum Gasteiger partial charge on any atom is -0.116 e. The molecule has 0 aromatic heterocycles. The van der Waals surface area contributed by atoms with Crippen LogP contribution < -0.4 is 0 Å². The SMILES string of the molecule is C[C@@](Cl)(/C=C/Br)[C@@H](Cl)/C=C/C(=C/Cl)C(Cl)Cl. The van der Waals surface area contributed by atoms with E-state index in [0.717, 1.165) is 0 Å². The summed E-state index contributed by atoms with van der Waals surface area (Å²) >= 11 is 32.3. The minimum absolute atomic E-state index is 0.415. The summed E-state index contributed by atoms with van der Waals surface area (Å²) in [5.41, 5.74) is 1.86. The van der Waals surface area contributed by atoms with Crippen molar-refractivity contribution >= 4 is 73.9 Å². The number of halogens is 6. The molecule has 0 nitrogen and oxygen atoms in total. The maximum Gasteiger partial charge on any atom is 0.133 e. The van der Waals surface area contributed by atoms with Gasteiger partial charge in [0.05, 0.1) is 10.3 Å². The quantitative estimate of drug-likeness (QED) is 0.402. The van der Waals surface area contributed by atoms with Crippen molar-refractivity contribution in [2.75, 3.05) is 0 Å². The van der Waals surface area contributed by atoms with Crippen LogP contribution in [0.15, 0.2) is 34.3 Å². The Balaban J connectivity index is 4.67. The third-order valence-electron chi connectivity index (χ3n) is 1.76. The highest BCUT2D eigenvalue weighted by atomic mass is 79.9. The van der Waals surface area contributed by atoms with E-state index >= 15 is 0 Å². The number of allylic oxidation sites excluding steroid dienone is 4. The monoisotopic (exact) mass is 384 g/mol. The van der Waals surface area contributed by atoms with E-state index in [2.05, 4.69) is 15.9 Å². The summed E-state index contributed by atoms with van der Waals surface area (Å²) in [6.45, 7) is 1.79. The molecular formula is C10H10BrCl5. The van der Waals surface area contributed by atoms with Gasteiger partial charge in [-0.15, -0.1) is 46.4 Å². The second kappa shape index (κ2) is 8.29. The van der Waals surface area contributed by atoms with Gasteiger partial charge >= 0.3 is 0 Å². The first-order chi connectivity index (χ1) is 7.35. The van der Waals surface area contributed by atoms with Gasteiger partial charge in [0.1, 0.15) is 4.84 Å². The van der Waals surface area contributed by atoms with Gasteiger partial charge in [-0.1, -0.05) is 45.8 Å². The van der Waals surface area contributed by atoms with Crippen LogP contribution in [0.5, 0.6) is 0 Å². The van der Waals surface area contributed by atoms with Gasteiger partial charge in [0, 0.05) is 5.54 Å². The summed E-state index contributed by atoms with van der Waals surface area (Å²) in [6, 6.07) is 0. The number of hydrogen-bond donors (Lipinski definition) is 0. The van der Waals surface area contributed by atoms with Crippen molar-refractivity contribution < 1.29 is 0 Å². The van der Waals surface area contributed by atoms with E-state index in [-0.39, 0.29) is 0 Å². The standard InChI is InChI=1S/C10H10BrCl5/c1-10(16,4-5-11)8(13)3-2-7(6-12)9(14)15/h2-6,8-9H,1H3/b3-2+,5-4+,7-6-/t8-,10+/m0/s1. The molecule has 0 fully saturated rings. The normalized spacial score (nSPS) is 19.6. The fourth-order valence-corrected chi connectivity index (χ4v) is 2.34. The summed E-state index contributed by atoms with van der Waals surface area (Å²) in [5.74, 6) is 0. The largest absolute Gasteiger partial charge is 0.133 e. The summed E-state index contributed by atoms with van der Waals surface area (Å²) in [4.78, 5) is 0.270. The van der Waals surface area contributed by atoms with Crippen LogP contribution in [0.25, 0.3) is 0 Å². The van der Waals surface area contributed by atoms with Gasteiger partial charge in [0.15, 0.2) is 0 Å². The van der Waals surface area contributed by atoms with Crippen LogP contribution >= 0.6 is 73.9 Å². The molecule has 0 aliphatic rings. The van der Waals surface area contributed by atoms with Crippen molar-refractivity contribution in [3.8, 4) is 0 Å². The molecular weight excluding hydrogens is 377 g/mol.